The van der Waals surface area contributed by atoms with E-state index in [1.165, 1.54) is 23.5 Å². The number of nitro groups is 2. The number of benzene rings is 2. The number of anilines is 1. The molecular formula is C26H23N5O9S. The van der Waals surface area contributed by atoms with Crippen LogP contribution in [-0.2, 0) is 27.2 Å². The Kier molecular flexibility index (Phi) is 8.67. The summed E-state index contributed by atoms with van der Waals surface area (Å²) < 4.78 is 10.7. The van der Waals surface area contributed by atoms with E-state index in [1.807, 2.05) is 0 Å². The number of amides is 2. The van der Waals surface area contributed by atoms with Gasteiger partial charge in [-0.3, -0.25) is 29.8 Å². The van der Waals surface area contributed by atoms with E-state index in [1.54, 1.807) is 26.0 Å². The Morgan fingerprint density at radius 1 is 1.02 bits per heavy atom. The Bertz CT molecular complexity index is 1580. The van der Waals surface area contributed by atoms with Crippen molar-refractivity contribution in [3.63, 3.8) is 0 Å². The Labute approximate surface area is 236 Å². The smallest absolute Gasteiger partial charge is 0.341 e. The summed E-state index contributed by atoms with van der Waals surface area (Å²) in [7, 11) is 0. The van der Waals surface area contributed by atoms with Crippen LogP contribution in [0.2, 0.25) is 0 Å². The number of esters is 1. The maximum absolute atomic E-state index is 12.5. The Balaban J connectivity index is 1.40. The highest BCUT2D eigenvalue weighted by atomic mass is 32.1. The van der Waals surface area contributed by atoms with Gasteiger partial charge in [0.2, 0.25) is 5.75 Å². The predicted molar refractivity (Wildman–Crippen MR) is 148 cm³/mol. The molecule has 41 heavy (non-hydrogen) atoms. The lowest BCUT2D eigenvalue weighted by atomic mass is 10.1. The zero-order valence-electron chi connectivity index (χ0n) is 21.8. The van der Waals surface area contributed by atoms with E-state index in [2.05, 4.69) is 15.8 Å². The van der Waals surface area contributed by atoms with Crippen LogP contribution in [0.25, 0.3) is 0 Å². The molecule has 15 heteroatoms. The highest BCUT2D eigenvalue weighted by molar-refractivity contribution is 7.17. The van der Waals surface area contributed by atoms with Gasteiger partial charge in [-0.05, 0) is 74.6 Å². The van der Waals surface area contributed by atoms with E-state index < -0.39 is 39.0 Å². The van der Waals surface area contributed by atoms with Crippen LogP contribution in [0.1, 0.15) is 46.6 Å². The number of carbonyl (C=O) groups is 3. The molecule has 2 aromatic carbocycles. The van der Waals surface area contributed by atoms with Gasteiger partial charge in [0.05, 0.1) is 33.8 Å². The van der Waals surface area contributed by atoms with Crippen LogP contribution in [0.5, 0.6) is 11.5 Å². The Morgan fingerprint density at radius 3 is 2.41 bits per heavy atom. The number of hydrazone groups is 1. The van der Waals surface area contributed by atoms with E-state index in [-0.39, 0.29) is 28.7 Å². The highest BCUT2D eigenvalue weighted by Crippen LogP contribution is 2.39. The fourth-order valence-electron chi connectivity index (χ4n) is 4.06. The molecule has 0 bridgehead atoms. The summed E-state index contributed by atoms with van der Waals surface area (Å²) >= 11 is 1.25. The first kappa shape index (κ1) is 28.8. The van der Waals surface area contributed by atoms with Crippen LogP contribution in [0, 0.1) is 20.2 Å². The van der Waals surface area contributed by atoms with Crippen molar-refractivity contribution in [2.75, 3.05) is 11.9 Å². The molecular weight excluding hydrogens is 558 g/mol. The molecule has 0 radical (unpaired) electrons. The van der Waals surface area contributed by atoms with Gasteiger partial charge in [0.25, 0.3) is 5.69 Å². The number of carbonyl (C=O) groups excluding carboxylic acids is 3. The number of hydrogen-bond acceptors (Lipinski definition) is 11. The van der Waals surface area contributed by atoms with Crippen LogP contribution in [0.4, 0.5) is 16.4 Å². The van der Waals surface area contributed by atoms with Gasteiger partial charge in [-0.2, -0.15) is 5.10 Å². The lowest BCUT2D eigenvalue weighted by Gasteiger charge is -2.08. The molecule has 2 N–H and O–H groups in total. The zero-order valence-corrected chi connectivity index (χ0v) is 22.6. The third kappa shape index (κ3) is 6.52. The molecule has 0 spiro atoms. The first-order valence-corrected chi connectivity index (χ1v) is 13.1. The van der Waals surface area contributed by atoms with Crippen molar-refractivity contribution >= 4 is 51.2 Å². The molecule has 1 aromatic heterocycles. The predicted octanol–water partition coefficient (Wildman–Crippen LogP) is 4.50. The van der Waals surface area contributed by atoms with Gasteiger partial charge in [-0.15, -0.1) is 11.3 Å². The third-order valence-electron chi connectivity index (χ3n) is 6.01. The Morgan fingerprint density at radius 2 is 1.76 bits per heavy atom. The number of ether oxygens (including phenoxy) is 2. The summed E-state index contributed by atoms with van der Waals surface area (Å²) in [6, 6.07) is 9.14. The summed E-state index contributed by atoms with van der Waals surface area (Å²) in [6.45, 7) is 3.44. The first-order valence-electron chi connectivity index (χ1n) is 12.3. The van der Waals surface area contributed by atoms with E-state index in [9.17, 15) is 34.6 Å². The van der Waals surface area contributed by atoms with E-state index in [0.29, 0.717) is 17.7 Å². The first-order chi connectivity index (χ1) is 19.6. The highest BCUT2D eigenvalue weighted by Gasteiger charge is 2.29. The molecule has 212 valence electrons. The van der Waals surface area contributed by atoms with Gasteiger partial charge in [0, 0.05) is 10.9 Å². The summed E-state index contributed by atoms with van der Waals surface area (Å²) in [5.74, 6) is -2.56. The average Bonchev–Trinajstić information content (AvgIpc) is 3.53. The van der Waals surface area contributed by atoms with Crippen molar-refractivity contribution in [3.8, 4) is 11.5 Å². The van der Waals surface area contributed by atoms with E-state index in [0.717, 1.165) is 41.5 Å². The van der Waals surface area contributed by atoms with E-state index >= 15 is 0 Å². The molecule has 14 nitrogen and oxygen atoms in total. The van der Waals surface area contributed by atoms with Crippen molar-refractivity contribution in [1.82, 2.24) is 5.43 Å². The van der Waals surface area contributed by atoms with Crippen molar-refractivity contribution in [3.05, 3.63) is 84.3 Å². The van der Waals surface area contributed by atoms with Gasteiger partial charge >= 0.3 is 23.5 Å². The fraction of sp³-hybridized carbons (Fsp3) is 0.231. The lowest BCUT2D eigenvalue weighted by molar-refractivity contribution is -0.394. The lowest BCUT2D eigenvalue weighted by Crippen LogP contribution is -2.33. The minimum absolute atomic E-state index is 0.176. The van der Waals surface area contributed by atoms with Crippen LogP contribution < -0.4 is 15.5 Å². The molecule has 1 aliphatic carbocycles. The molecule has 0 atom stereocenters. The number of fused-ring (bicyclic) bond motifs is 1. The number of non-ortho nitro benzene ring substituents is 1. The van der Waals surface area contributed by atoms with Crippen LogP contribution in [0.3, 0.4) is 0 Å². The van der Waals surface area contributed by atoms with Gasteiger partial charge in [0.15, 0.2) is 0 Å². The summed E-state index contributed by atoms with van der Waals surface area (Å²) in [6.07, 6.45) is 2.38. The topological polar surface area (TPSA) is 192 Å². The minimum Gasteiger partial charge on any atom is -0.462 e. The second kappa shape index (κ2) is 12.3. The van der Waals surface area contributed by atoms with Crippen molar-refractivity contribution in [1.29, 1.82) is 0 Å². The van der Waals surface area contributed by atoms with Gasteiger partial charge in [0.1, 0.15) is 10.8 Å². The molecule has 0 fully saturated rings. The molecule has 1 heterocycles. The minimum atomic E-state index is -1.04. The van der Waals surface area contributed by atoms with Crippen molar-refractivity contribution in [2.45, 2.75) is 33.1 Å². The van der Waals surface area contributed by atoms with Crippen molar-refractivity contribution < 1.29 is 33.7 Å². The second-order valence-corrected chi connectivity index (χ2v) is 9.77. The molecule has 0 unspecified atom stereocenters. The number of rotatable bonds is 9. The summed E-state index contributed by atoms with van der Waals surface area (Å²) in [5, 5.41) is 28.9. The monoisotopic (exact) mass is 581 g/mol. The number of nitrogens with zero attached hydrogens (tertiary/aromatic N) is 3. The SMILES string of the molecule is CCOC(=O)c1c(NC(=O)C(=O)N/N=C(\C)c2ccc(Oc3ccc([N+](=O)[O-])cc3[N+](=O)[O-])cc2)sc2c1CCC2. The number of aryl methyl sites for hydroxylation is 1. The number of thiophene rings is 1. The van der Waals surface area contributed by atoms with Crippen LogP contribution in [0.15, 0.2) is 47.6 Å². The normalized spacial score (nSPS) is 12.3. The number of hydrogen-bond donors (Lipinski definition) is 2. The van der Waals surface area contributed by atoms with Crippen LogP contribution in [-0.4, -0.2) is 39.9 Å². The molecule has 3 aromatic rings. The molecule has 0 aliphatic heterocycles. The van der Waals surface area contributed by atoms with Gasteiger partial charge < -0.3 is 14.8 Å². The molecule has 0 saturated heterocycles. The third-order valence-corrected chi connectivity index (χ3v) is 7.22. The van der Waals surface area contributed by atoms with Crippen molar-refractivity contribution in [2.24, 2.45) is 5.10 Å². The second-order valence-electron chi connectivity index (χ2n) is 8.67. The largest absolute Gasteiger partial charge is 0.462 e. The maximum Gasteiger partial charge on any atom is 0.341 e. The fourth-order valence-corrected chi connectivity index (χ4v) is 5.33. The van der Waals surface area contributed by atoms with Crippen LogP contribution >= 0.6 is 11.3 Å². The summed E-state index contributed by atoms with van der Waals surface area (Å²) in [4.78, 5) is 59.1. The average molecular weight is 582 g/mol. The van der Waals surface area contributed by atoms with Gasteiger partial charge in [-0.25, -0.2) is 10.2 Å². The number of nitrogens with one attached hydrogen (secondary N) is 2. The molecule has 2 amide bonds. The summed E-state index contributed by atoms with van der Waals surface area (Å²) in [5.41, 5.74) is 3.16. The van der Waals surface area contributed by atoms with E-state index in [4.69, 9.17) is 9.47 Å². The Hall–Kier alpha value is -5.18. The zero-order chi connectivity index (χ0) is 29.7. The molecule has 1 aliphatic rings. The molecule has 0 saturated carbocycles. The maximum atomic E-state index is 12.5. The van der Waals surface area contributed by atoms with Gasteiger partial charge in [-0.1, -0.05) is 0 Å². The standard InChI is InChI=1S/C26H23N5O9S/c1-3-39-26(34)22-18-5-4-6-21(18)41-25(22)27-23(32)24(33)29-28-14(2)15-7-10-17(11-8-15)40-20-12-9-16(30(35)36)13-19(20)31(37)38/h7-13H,3-6H2,1-2H3,(H,27,32)(H,29,33)/b28-14+. The number of nitro benzene ring substituents is 2. The molecule has 4 rings (SSSR count). The quantitative estimate of drug-likeness (QED) is 0.120.